The maximum absolute atomic E-state index is 13.4. The number of nitrogens with one attached hydrogen (secondary N) is 2. The number of carbonyl (C=O) groups is 3. The van der Waals surface area contributed by atoms with Crippen molar-refractivity contribution in [2.24, 2.45) is 0 Å². The second kappa shape index (κ2) is 7.22. The standard InChI is InChI=1S/C18H16FN3O4/c19-12-6-5-11-8-22(17(25)14(11)7-12)9-15(21-18(26)20-10-23)13-3-1-2-4-16(13)24/h1-7,10,15,24H,8-9H2,(H2,20,21,23,26). The van der Waals surface area contributed by atoms with Gasteiger partial charge in [-0.2, -0.15) is 0 Å². The molecule has 1 atom stereocenters. The first-order valence-corrected chi connectivity index (χ1v) is 7.86. The molecule has 0 spiro atoms. The highest BCUT2D eigenvalue weighted by atomic mass is 19.1. The van der Waals surface area contributed by atoms with Crippen LogP contribution in [-0.4, -0.2) is 34.9 Å². The van der Waals surface area contributed by atoms with E-state index in [9.17, 15) is 23.9 Å². The Morgan fingerprint density at radius 1 is 1.31 bits per heavy atom. The molecule has 8 heteroatoms. The van der Waals surface area contributed by atoms with Gasteiger partial charge in [-0.3, -0.25) is 14.9 Å². The van der Waals surface area contributed by atoms with E-state index >= 15 is 0 Å². The molecule has 26 heavy (non-hydrogen) atoms. The number of fused-ring (bicyclic) bond motifs is 1. The fraction of sp³-hybridized carbons (Fsp3) is 0.167. The van der Waals surface area contributed by atoms with Crippen molar-refractivity contribution in [3.8, 4) is 5.75 Å². The summed E-state index contributed by atoms with van der Waals surface area (Å²) in [5, 5.41) is 14.6. The zero-order chi connectivity index (χ0) is 18.7. The number of phenolic OH excluding ortho intramolecular Hbond substituents is 1. The highest BCUT2D eigenvalue weighted by molar-refractivity contribution is 5.98. The Bertz CT molecular complexity index is 871. The summed E-state index contributed by atoms with van der Waals surface area (Å²) < 4.78 is 13.4. The Morgan fingerprint density at radius 3 is 2.81 bits per heavy atom. The molecule has 1 heterocycles. The predicted octanol–water partition coefficient (Wildman–Crippen LogP) is 1.68. The molecule has 7 nitrogen and oxygen atoms in total. The fourth-order valence-corrected chi connectivity index (χ4v) is 2.96. The summed E-state index contributed by atoms with van der Waals surface area (Å²) in [4.78, 5) is 36.2. The highest BCUT2D eigenvalue weighted by Crippen LogP contribution is 2.29. The van der Waals surface area contributed by atoms with Crippen LogP contribution < -0.4 is 10.6 Å². The first-order valence-electron chi connectivity index (χ1n) is 7.86. The number of rotatable bonds is 5. The summed E-state index contributed by atoms with van der Waals surface area (Å²) in [6.07, 6.45) is 0.233. The molecule has 2 aromatic carbocycles. The molecule has 0 saturated heterocycles. The predicted molar refractivity (Wildman–Crippen MR) is 89.7 cm³/mol. The van der Waals surface area contributed by atoms with Crippen molar-refractivity contribution in [1.82, 2.24) is 15.5 Å². The number of halogens is 1. The van der Waals surface area contributed by atoms with Gasteiger partial charge in [0.05, 0.1) is 6.04 Å². The lowest BCUT2D eigenvalue weighted by molar-refractivity contribution is -0.108. The van der Waals surface area contributed by atoms with Crippen molar-refractivity contribution in [1.29, 1.82) is 0 Å². The lowest BCUT2D eigenvalue weighted by Crippen LogP contribution is -2.42. The number of nitrogens with zero attached hydrogens (tertiary/aromatic N) is 1. The van der Waals surface area contributed by atoms with Crippen molar-refractivity contribution in [3.05, 3.63) is 65.0 Å². The number of urea groups is 1. The molecule has 1 aliphatic heterocycles. The average Bonchev–Trinajstić information content (AvgIpc) is 2.91. The number of hydrogen-bond donors (Lipinski definition) is 3. The molecule has 3 rings (SSSR count). The summed E-state index contributed by atoms with van der Waals surface area (Å²) in [6.45, 7) is 0.300. The molecule has 0 aromatic heterocycles. The Morgan fingerprint density at radius 2 is 2.08 bits per heavy atom. The molecular formula is C18H16FN3O4. The van der Waals surface area contributed by atoms with Gasteiger partial charge < -0.3 is 15.3 Å². The van der Waals surface area contributed by atoms with Crippen LogP contribution in [0.5, 0.6) is 5.75 Å². The average molecular weight is 357 g/mol. The van der Waals surface area contributed by atoms with E-state index in [0.717, 1.165) is 0 Å². The Labute approximate surface area is 148 Å². The van der Waals surface area contributed by atoms with Crippen LogP contribution in [0.4, 0.5) is 9.18 Å². The van der Waals surface area contributed by atoms with Crippen LogP contribution in [0.2, 0.25) is 0 Å². The number of aromatic hydroxyl groups is 1. The summed E-state index contributed by atoms with van der Waals surface area (Å²) in [6, 6.07) is 8.85. The van der Waals surface area contributed by atoms with Gasteiger partial charge in [0.1, 0.15) is 11.6 Å². The van der Waals surface area contributed by atoms with Crippen LogP contribution in [-0.2, 0) is 11.3 Å². The van der Waals surface area contributed by atoms with Gasteiger partial charge in [-0.25, -0.2) is 9.18 Å². The molecule has 0 radical (unpaired) electrons. The van der Waals surface area contributed by atoms with E-state index < -0.39 is 17.9 Å². The molecule has 0 bridgehead atoms. The van der Waals surface area contributed by atoms with E-state index in [0.29, 0.717) is 11.1 Å². The summed E-state index contributed by atoms with van der Waals surface area (Å²) in [7, 11) is 0. The van der Waals surface area contributed by atoms with Gasteiger partial charge in [-0.05, 0) is 23.8 Å². The summed E-state index contributed by atoms with van der Waals surface area (Å²) in [5.41, 5.74) is 1.35. The zero-order valence-corrected chi connectivity index (χ0v) is 13.6. The zero-order valence-electron chi connectivity index (χ0n) is 13.6. The normalized spacial score (nSPS) is 13.9. The second-order valence-electron chi connectivity index (χ2n) is 5.83. The first-order chi connectivity index (χ1) is 12.5. The van der Waals surface area contributed by atoms with E-state index in [1.807, 2.05) is 5.32 Å². The molecule has 0 fully saturated rings. The number of carbonyl (C=O) groups excluding carboxylic acids is 3. The summed E-state index contributed by atoms with van der Waals surface area (Å²) in [5.74, 6) is -0.920. The van der Waals surface area contributed by atoms with E-state index in [1.54, 1.807) is 24.3 Å². The Kier molecular flexibility index (Phi) is 4.83. The summed E-state index contributed by atoms with van der Waals surface area (Å²) >= 11 is 0. The van der Waals surface area contributed by atoms with Crippen molar-refractivity contribution >= 4 is 18.3 Å². The number of imide groups is 1. The molecule has 1 unspecified atom stereocenters. The smallest absolute Gasteiger partial charge is 0.321 e. The maximum atomic E-state index is 13.4. The third kappa shape index (κ3) is 3.49. The number of para-hydroxylation sites is 1. The van der Waals surface area contributed by atoms with Crippen molar-refractivity contribution in [2.75, 3.05) is 6.54 Å². The molecule has 134 valence electrons. The minimum absolute atomic E-state index is 0.0407. The highest BCUT2D eigenvalue weighted by Gasteiger charge is 2.31. The van der Waals surface area contributed by atoms with E-state index in [1.165, 1.54) is 23.1 Å². The molecule has 0 saturated carbocycles. The number of hydrogen-bond acceptors (Lipinski definition) is 4. The largest absolute Gasteiger partial charge is 0.508 e. The second-order valence-corrected chi connectivity index (χ2v) is 5.83. The molecule has 2 aromatic rings. The van der Waals surface area contributed by atoms with E-state index in [-0.39, 0.29) is 36.7 Å². The Hall–Kier alpha value is -3.42. The van der Waals surface area contributed by atoms with Gasteiger partial charge in [-0.1, -0.05) is 24.3 Å². The van der Waals surface area contributed by atoms with Crippen LogP contribution in [0.1, 0.15) is 27.5 Å². The van der Waals surface area contributed by atoms with E-state index in [2.05, 4.69) is 5.32 Å². The SMILES string of the molecule is O=CNC(=O)NC(CN1Cc2ccc(F)cc2C1=O)c1ccccc1O. The topological polar surface area (TPSA) is 98.7 Å². The van der Waals surface area contributed by atoms with Crippen LogP contribution in [0.25, 0.3) is 0 Å². The Balaban J connectivity index is 1.84. The first kappa shape index (κ1) is 17.4. The van der Waals surface area contributed by atoms with Crippen LogP contribution in [0.15, 0.2) is 42.5 Å². The number of benzene rings is 2. The lowest BCUT2D eigenvalue weighted by atomic mass is 10.1. The maximum Gasteiger partial charge on any atom is 0.321 e. The van der Waals surface area contributed by atoms with Gasteiger partial charge in [0.15, 0.2) is 0 Å². The minimum atomic E-state index is -0.765. The van der Waals surface area contributed by atoms with Gasteiger partial charge in [0.25, 0.3) is 5.91 Å². The third-order valence-electron chi connectivity index (χ3n) is 4.16. The van der Waals surface area contributed by atoms with Gasteiger partial charge in [0.2, 0.25) is 6.41 Å². The van der Waals surface area contributed by atoms with Crippen molar-refractivity contribution in [2.45, 2.75) is 12.6 Å². The molecule has 3 N–H and O–H groups in total. The molecule has 1 aliphatic rings. The molecular weight excluding hydrogens is 341 g/mol. The third-order valence-corrected chi connectivity index (χ3v) is 4.16. The fourth-order valence-electron chi connectivity index (χ4n) is 2.96. The van der Waals surface area contributed by atoms with Gasteiger partial charge >= 0.3 is 6.03 Å². The number of phenols is 1. The van der Waals surface area contributed by atoms with Crippen molar-refractivity contribution in [3.63, 3.8) is 0 Å². The number of amides is 4. The van der Waals surface area contributed by atoms with Gasteiger partial charge in [-0.15, -0.1) is 0 Å². The lowest BCUT2D eigenvalue weighted by Gasteiger charge is -2.25. The van der Waals surface area contributed by atoms with Crippen LogP contribution in [0.3, 0.4) is 0 Å². The van der Waals surface area contributed by atoms with Crippen LogP contribution in [0, 0.1) is 5.82 Å². The van der Waals surface area contributed by atoms with E-state index in [4.69, 9.17) is 0 Å². The monoisotopic (exact) mass is 357 g/mol. The minimum Gasteiger partial charge on any atom is -0.508 e. The quantitative estimate of drug-likeness (QED) is 0.709. The molecule has 0 aliphatic carbocycles. The van der Waals surface area contributed by atoms with Crippen molar-refractivity contribution < 1.29 is 23.9 Å². The van der Waals surface area contributed by atoms with Gasteiger partial charge in [0, 0.05) is 24.2 Å². The molecule has 4 amide bonds. The van der Waals surface area contributed by atoms with Crippen LogP contribution >= 0.6 is 0 Å².